The van der Waals surface area contributed by atoms with E-state index in [1.807, 2.05) is 18.2 Å². The third kappa shape index (κ3) is 2.16. The number of rotatable bonds is 2. The molecule has 23 heavy (non-hydrogen) atoms. The van der Waals surface area contributed by atoms with Gasteiger partial charge in [-0.05, 0) is 35.6 Å². The fourth-order valence-corrected chi connectivity index (χ4v) is 4.26. The lowest BCUT2D eigenvalue weighted by atomic mass is 9.81. The average Bonchev–Trinajstić information content (AvgIpc) is 3.09. The Hall–Kier alpha value is -2.54. The van der Waals surface area contributed by atoms with E-state index in [2.05, 4.69) is 0 Å². The van der Waals surface area contributed by atoms with Crippen LogP contribution in [-0.2, 0) is 6.42 Å². The Labute approximate surface area is 136 Å². The SMILES string of the molecule is NC(=O)c1c(N)sc2c1CC(c1ccc3c(c1)OCO3)CC2=O. The number of benzene rings is 1. The molecule has 1 unspecified atom stereocenters. The van der Waals surface area contributed by atoms with E-state index < -0.39 is 5.91 Å². The van der Waals surface area contributed by atoms with E-state index in [0.717, 1.165) is 16.9 Å². The van der Waals surface area contributed by atoms with Crippen molar-refractivity contribution in [3.63, 3.8) is 0 Å². The summed E-state index contributed by atoms with van der Waals surface area (Å²) in [5.41, 5.74) is 13.3. The highest BCUT2D eigenvalue weighted by Gasteiger charge is 2.33. The maximum Gasteiger partial charge on any atom is 0.251 e. The minimum Gasteiger partial charge on any atom is -0.454 e. The van der Waals surface area contributed by atoms with Gasteiger partial charge in [-0.1, -0.05) is 6.07 Å². The zero-order chi connectivity index (χ0) is 16.1. The molecule has 1 aromatic carbocycles. The molecular weight excluding hydrogens is 316 g/mol. The van der Waals surface area contributed by atoms with Gasteiger partial charge in [0.15, 0.2) is 17.3 Å². The largest absolute Gasteiger partial charge is 0.454 e. The van der Waals surface area contributed by atoms with Crippen molar-refractivity contribution in [2.75, 3.05) is 12.5 Å². The molecule has 2 aromatic rings. The molecule has 0 radical (unpaired) electrons. The summed E-state index contributed by atoms with van der Waals surface area (Å²) in [6, 6.07) is 5.66. The van der Waals surface area contributed by atoms with Crippen LogP contribution in [0, 0.1) is 0 Å². The number of thiophene rings is 1. The van der Waals surface area contributed by atoms with E-state index in [0.29, 0.717) is 45.3 Å². The molecule has 6 nitrogen and oxygen atoms in total. The van der Waals surface area contributed by atoms with Crippen LogP contribution in [0.25, 0.3) is 0 Å². The molecular formula is C16H14N2O4S. The zero-order valence-electron chi connectivity index (χ0n) is 12.1. The topological polar surface area (TPSA) is 105 Å². The van der Waals surface area contributed by atoms with Gasteiger partial charge in [-0.25, -0.2) is 0 Å². The van der Waals surface area contributed by atoms with Crippen molar-refractivity contribution in [1.29, 1.82) is 0 Å². The van der Waals surface area contributed by atoms with Crippen molar-refractivity contribution < 1.29 is 19.1 Å². The van der Waals surface area contributed by atoms with E-state index in [1.165, 1.54) is 0 Å². The number of nitrogens with two attached hydrogens (primary N) is 2. The highest BCUT2D eigenvalue weighted by molar-refractivity contribution is 7.18. The minimum atomic E-state index is -0.584. The number of ether oxygens (including phenoxy) is 2. The molecule has 4 N–H and O–H groups in total. The van der Waals surface area contributed by atoms with Gasteiger partial charge >= 0.3 is 0 Å². The number of carbonyl (C=O) groups is 2. The summed E-state index contributed by atoms with van der Waals surface area (Å²) < 4.78 is 10.7. The van der Waals surface area contributed by atoms with Crippen LogP contribution in [0.15, 0.2) is 18.2 Å². The molecule has 0 saturated heterocycles. The molecule has 1 aromatic heterocycles. The minimum absolute atomic E-state index is 0.00174. The maximum absolute atomic E-state index is 12.4. The summed E-state index contributed by atoms with van der Waals surface area (Å²) in [4.78, 5) is 24.7. The molecule has 0 bridgehead atoms. The molecule has 0 spiro atoms. The first kappa shape index (κ1) is 14.1. The van der Waals surface area contributed by atoms with Crippen LogP contribution < -0.4 is 20.9 Å². The zero-order valence-corrected chi connectivity index (χ0v) is 12.9. The van der Waals surface area contributed by atoms with E-state index in [4.69, 9.17) is 20.9 Å². The number of Topliss-reactive ketones (excluding diaryl/α,β-unsaturated/α-hetero) is 1. The van der Waals surface area contributed by atoms with Gasteiger partial charge in [0.1, 0.15) is 0 Å². The predicted molar refractivity (Wildman–Crippen MR) is 85.2 cm³/mol. The number of ketones is 1. The Morgan fingerprint density at radius 3 is 2.78 bits per heavy atom. The molecule has 1 aliphatic heterocycles. The van der Waals surface area contributed by atoms with Crippen LogP contribution in [-0.4, -0.2) is 18.5 Å². The quantitative estimate of drug-likeness (QED) is 0.877. The monoisotopic (exact) mass is 330 g/mol. The second kappa shape index (κ2) is 4.99. The maximum atomic E-state index is 12.4. The van der Waals surface area contributed by atoms with Gasteiger partial charge in [-0.3, -0.25) is 9.59 Å². The third-order valence-corrected chi connectivity index (χ3v) is 5.39. The molecule has 1 amide bonds. The molecule has 2 aliphatic rings. The van der Waals surface area contributed by atoms with Gasteiger partial charge in [0.2, 0.25) is 6.79 Å². The van der Waals surface area contributed by atoms with Crippen LogP contribution in [0.4, 0.5) is 5.00 Å². The first-order valence-electron chi connectivity index (χ1n) is 7.18. The van der Waals surface area contributed by atoms with Crippen molar-refractivity contribution in [3.05, 3.63) is 39.8 Å². The molecule has 1 atom stereocenters. The van der Waals surface area contributed by atoms with Gasteiger partial charge in [0.25, 0.3) is 5.91 Å². The average molecular weight is 330 g/mol. The summed E-state index contributed by atoms with van der Waals surface area (Å²) in [5, 5.41) is 0.321. The number of primary amides is 1. The fourth-order valence-electron chi connectivity index (χ4n) is 3.21. The molecule has 0 saturated carbocycles. The summed E-state index contributed by atoms with van der Waals surface area (Å²) >= 11 is 1.15. The fraction of sp³-hybridized carbons (Fsp3) is 0.250. The van der Waals surface area contributed by atoms with Gasteiger partial charge in [-0.15, -0.1) is 11.3 Å². The van der Waals surface area contributed by atoms with Crippen LogP contribution >= 0.6 is 11.3 Å². The standard InChI is InChI=1S/C16H14N2O4S/c17-15(20)13-9-3-8(4-10(19)14(9)23-16(13)18)7-1-2-11-12(5-7)22-6-21-11/h1-2,5,8H,3-4,6,18H2,(H2,17,20). The van der Waals surface area contributed by atoms with Gasteiger partial charge in [-0.2, -0.15) is 0 Å². The van der Waals surface area contributed by atoms with E-state index in [1.54, 1.807) is 0 Å². The van der Waals surface area contributed by atoms with Crippen LogP contribution in [0.3, 0.4) is 0 Å². The van der Waals surface area contributed by atoms with Crippen molar-refractivity contribution >= 4 is 28.0 Å². The predicted octanol–water partition coefficient (Wildman–Crippen LogP) is 2.07. The van der Waals surface area contributed by atoms with Gasteiger partial charge in [0.05, 0.1) is 15.4 Å². The Morgan fingerprint density at radius 2 is 2.00 bits per heavy atom. The number of carbonyl (C=O) groups excluding carboxylic acids is 2. The molecule has 4 rings (SSSR count). The summed E-state index contributed by atoms with van der Waals surface area (Å²) in [5.74, 6) is 0.767. The van der Waals surface area contributed by atoms with E-state index in [-0.39, 0.29) is 18.5 Å². The van der Waals surface area contributed by atoms with E-state index >= 15 is 0 Å². The second-order valence-corrected chi connectivity index (χ2v) is 6.71. The van der Waals surface area contributed by atoms with Crippen molar-refractivity contribution in [3.8, 4) is 11.5 Å². The first-order chi connectivity index (χ1) is 11.0. The Kier molecular flexibility index (Phi) is 3.05. The van der Waals surface area contributed by atoms with Crippen LogP contribution in [0.5, 0.6) is 11.5 Å². The van der Waals surface area contributed by atoms with Crippen LogP contribution in [0.1, 0.15) is 43.5 Å². The summed E-state index contributed by atoms with van der Waals surface area (Å²) in [6.07, 6.45) is 0.942. The van der Waals surface area contributed by atoms with Gasteiger partial charge in [0, 0.05) is 6.42 Å². The number of fused-ring (bicyclic) bond motifs is 2. The number of hydrogen-bond donors (Lipinski definition) is 2. The lowest BCUT2D eigenvalue weighted by molar-refractivity contribution is 0.0968. The number of nitrogen functional groups attached to an aromatic ring is 1. The Morgan fingerprint density at radius 1 is 1.22 bits per heavy atom. The lowest BCUT2D eigenvalue weighted by Crippen LogP contribution is -2.21. The molecule has 2 heterocycles. The summed E-state index contributed by atoms with van der Waals surface area (Å²) in [6.45, 7) is 0.208. The number of amides is 1. The number of hydrogen-bond acceptors (Lipinski definition) is 6. The third-order valence-electron chi connectivity index (χ3n) is 4.28. The van der Waals surface area contributed by atoms with Crippen molar-refractivity contribution in [2.24, 2.45) is 5.73 Å². The Balaban J connectivity index is 1.74. The second-order valence-electron chi connectivity index (χ2n) is 5.65. The van der Waals surface area contributed by atoms with Crippen molar-refractivity contribution in [1.82, 2.24) is 0 Å². The van der Waals surface area contributed by atoms with Crippen LogP contribution in [0.2, 0.25) is 0 Å². The molecule has 7 heteroatoms. The Bertz CT molecular complexity index is 843. The summed E-state index contributed by atoms with van der Waals surface area (Å²) in [7, 11) is 0. The normalized spacial score (nSPS) is 18.8. The number of anilines is 1. The van der Waals surface area contributed by atoms with Gasteiger partial charge < -0.3 is 20.9 Å². The van der Waals surface area contributed by atoms with E-state index in [9.17, 15) is 9.59 Å². The molecule has 1 aliphatic carbocycles. The lowest BCUT2D eigenvalue weighted by Gasteiger charge is -2.22. The smallest absolute Gasteiger partial charge is 0.251 e. The molecule has 118 valence electrons. The first-order valence-corrected chi connectivity index (χ1v) is 8.00. The molecule has 0 fully saturated rings. The van der Waals surface area contributed by atoms with Crippen molar-refractivity contribution in [2.45, 2.75) is 18.8 Å². The highest BCUT2D eigenvalue weighted by Crippen LogP contribution is 2.43. The highest BCUT2D eigenvalue weighted by atomic mass is 32.1.